The third kappa shape index (κ3) is 2.82. The number of hydrogen-bond donors (Lipinski definition) is 2. The Hall–Kier alpha value is -3.68. The Morgan fingerprint density at radius 1 is 0.903 bits per heavy atom. The van der Waals surface area contributed by atoms with E-state index in [1.54, 1.807) is 18.2 Å². The summed E-state index contributed by atoms with van der Waals surface area (Å²) in [6.45, 7) is 0. The number of esters is 1. The molecule has 0 saturated heterocycles. The molecule has 0 spiro atoms. The lowest BCUT2D eigenvalue weighted by atomic mass is 9.80. The van der Waals surface area contributed by atoms with Gasteiger partial charge in [0, 0.05) is 17.4 Å². The first-order valence-corrected chi connectivity index (χ1v) is 9.61. The van der Waals surface area contributed by atoms with Crippen LogP contribution in [0.4, 0.5) is 0 Å². The molecule has 0 fully saturated rings. The zero-order chi connectivity index (χ0) is 22.4. The van der Waals surface area contributed by atoms with Crippen molar-refractivity contribution in [2.24, 2.45) is 5.92 Å². The van der Waals surface area contributed by atoms with Gasteiger partial charge < -0.3 is 29.2 Å². The highest BCUT2D eigenvalue weighted by Gasteiger charge is 2.37. The summed E-state index contributed by atoms with van der Waals surface area (Å²) in [5.74, 6) is -1.35. The average Bonchev–Trinajstić information content (AvgIpc) is 2.79. The number of ether oxygens (including phenoxy) is 4. The van der Waals surface area contributed by atoms with Crippen molar-refractivity contribution < 1.29 is 38.7 Å². The Morgan fingerprint density at radius 3 is 2.19 bits per heavy atom. The molecule has 0 aromatic heterocycles. The van der Waals surface area contributed by atoms with Crippen molar-refractivity contribution in [2.75, 3.05) is 28.4 Å². The summed E-state index contributed by atoms with van der Waals surface area (Å²) in [7, 11) is 5.62. The SMILES string of the molecule is COC(=O)C1CC(=O)c2c(c(O)c3c(OC)c4cccc(OC)c4c(OC)c3c2O)C1. The van der Waals surface area contributed by atoms with Gasteiger partial charge in [-0.15, -0.1) is 0 Å². The molecule has 162 valence electrons. The van der Waals surface area contributed by atoms with Gasteiger partial charge in [0.15, 0.2) is 5.78 Å². The number of methoxy groups -OCH3 is 4. The molecular weight excluding hydrogens is 404 g/mol. The number of Topliss-reactive ketones (excluding diaryl/α,β-unsaturated/α-hetero) is 1. The highest BCUT2D eigenvalue weighted by molar-refractivity contribution is 6.20. The molecule has 1 aliphatic carbocycles. The van der Waals surface area contributed by atoms with E-state index in [0.29, 0.717) is 16.5 Å². The van der Waals surface area contributed by atoms with E-state index in [0.717, 1.165) is 0 Å². The van der Waals surface area contributed by atoms with Gasteiger partial charge in [0.1, 0.15) is 28.7 Å². The number of hydrogen-bond acceptors (Lipinski definition) is 8. The van der Waals surface area contributed by atoms with Crippen molar-refractivity contribution in [3.63, 3.8) is 0 Å². The van der Waals surface area contributed by atoms with Crippen molar-refractivity contribution in [3.8, 4) is 28.7 Å². The second-order valence-corrected chi connectivity index (χ2v) is 7.30. The van der Waals surface area contributed by atoms with Crippen LogP contribution < -0.4 is 14.2 Å². The number of aromatic hydroxyl groups is 2. The predicted octanol–water partition coefficient (Wildman–Crippen LogP) is 3.35. The Bertz CT molecular complexity index is 1240. The zero-order valence-corrected chi connectivity index (χ0v) is 17.6. The van der Waals surface area contributed by atoms with Gasteiger partial charge in [-0.1, -0.05) is 12.1 Å². The summed E-state index contributed by atoms with van der Waals surface area (Å²) >= 11 is 0. The Balaban J connectivity index is 2.21. The minimum atomic E-state index is -0.749. The molecule has 1 atom stereocenters. The first-order valence-electron chi connectivity index (χ1n) is 9.61. The van der Waals surface area contributed by atoms with Crippen molar-refractivity contribution in [1.29, 1.82) is 0 Å². The fraction of sp³-hybridized carbons (Fsp3) is 0.304. The van der Waals surface area contributed by atoms with E-state index in [1.165, 1.54) is 28.4 Å². The molecule has 1 aliphatic rings. The Kier molecular flexibility index (Phi) is 5.00. The monoisotopic (exact) mass is 426 g/mol. The fourth-order valence-electron chi connectivity index (χ4n) is 4.49. The highest BCUT2D eigenvalue weighted by atomic mass is 16.5. The molecule has 0 amide bonds. The van der Waals surface area contributed by atoms with Gasteiger partial charge in [-0.25, -0.2) is 0 Å². The molecular formula is C23H22O8. The topological polar surface area (TPSA) is 112 Å². The van der Waals surface area contributed by atoms with Crippen LogP contribution in [0.15, 0.2) is 18.2 Å². The van der Waals surface area contributed by atoms with Gasteiger partial charge in [0.2, 0.25) is 0 Å². The number of benzene rings is 3. The number of ketones is 1. The summed E-state index contributed by atoms with van der Waals surface area (Å²) in [6, 6.07) is 5.27. The zero-order valence-electron chi connectivity index (χ0n) is 17.6. The van der Waals surface area contributed by atoms with E-state index in [1.807, 2.05) is 0 Å². The van der Waals surface area contributed by atoms with Crippen molar-refractivity contribution >= 4 is 33.3 Å². The van der Waals surface area contributed by atoms with Gasteiger partial charge >= 0.3 is 5.97 Å². The highest BCUT2D eigenvalue weighted by Crippen LogP contribution is 2.55. The molecule has 0 aliphatic heterocycles. The number of phenolic OH excluding ortho intramolecular Hbond substituents is 2. The number of rotatable bonds is 4. The maximum absolute atomic E-state index is 12.9. The fourth-order valence-corrected chi connectivity index (χ4v) is 4.49. The van der Waals surface area contributed by atoms with E-state index < -0.39 is 17.7 Å². The van der Waals surface area contributed by atoms with Crippen LogP contribution in [0.1, 0.15) is 22.3 Å². The summed E-state index contributed by atoms with van der Waals surface area (Å²) in [6.07, 6.45) is -0.0841. The molecule has 2 N–H and O–H groups in total. The molecule has 4 rings (SSSR count). The minimum absolute atomic E-state index is 0.0280. The normalized spacial score (nSPS) is 15.6. The average molecular weight is 426 g/mol. The predicted molar refractivity (Wildman–Crippen MR) is 113 cm³/mol. The molecule has 0 saturated carbocycles. The van der Waals surface area contributed by atoms with E-state index in [-0.39, 0.29) is 57.7 Å². The van der Waals surface area contributed by atoms with Gasteiger partial charge in [0.05, 0.1) is 56.1 Å². The summed E-state index contributed by atoms with van der Waals surface area (Å²) in [4.78, 5) is 25.0. The van der Waals surface area contributed by atoms with E-state index in [2.05, 4.69) is 0 Å². The molecule has 0 bridgehead atoms. The van der Waals surface area contributed by atoms with Gasteiger partial charge in [-0.05, 0) is 12.5 Å². The molecule has 3 aromatic rings. The van der Waals surface area contributed by atoms with Crippen LogP contribution in [-0.4, -0.2) is 50.4 Å². The van der Waals surface area contributed by atoms with Crippen molar-refractivity contribution in [2.45, 2.75) is 12.8 Å². The van der Waals surface area contributed by atoms with Crippen LogP contribution in [0, 0.1) is 5.92 Å². The maximum atomic E-state index is 12.9. The van der Waals surface area contributed by atoms with E-state index >= 15 is 0 Å². The van der Waals surface area contributed by atoms with E-state index in [4.69, 9.17) is 18.9 Å². The van der Waals surface area contributed by atoms with Crippen LogP contribution in [0.3, 0.4) is 0 Å². The summed E-state index contributed by atoms with van der Waals surface area (Å²) < 4.78 is 21.5. The minimum Gasteiger partial charge on any atom is -0.507 e. The Morgan fingerprint density at radius 2 is 1.58 bits per heavy atom. The Labute approximate surface area is 177 Å². The molecule has 8 heteroatoms. The first-order chi connectivity index (χ1) is 14.9. The van der Waals surface area contributed by atoms with Gasteiger partial charge in [-0.2, -0.15) is 0 Å². The van der Waals surface area contributed by atoms with E-state index in [9.17, 15) is 19.8 Å². The van der Waals surface area contributed by atoms with Crippen LogP contribution in [0.25, 0.3) is 21.5 Å². The lowest BCUT2D eigenvalue weighted by Gasteiger charge is -2.26. The van der Waals surface area contributed by atoms with Crippen LogP contribution in [-0.2, 0) is 16.0 Å². The van der Waals surface area contributed by atoms with Crippen molar-refractivity contribution in [1.82, 2.24) is 0 Å². The molecule has 3 aromatic carbocycles. The molecule has 31 heavy (non-hydrogen) atoms. The summed E-state index contributed by atoms with van der Waals surface area (Å²) in [5.41, 5.74) is 0.152. The number of carbonyl (C=O) groups is 2. The molecule has 8 nitrogen and oxygen atoms in total. The first kappa shape index (κ1) is 20.6. The number of phenols is 2. The summed E-state index contributed by atoms with van der Waals surface area (Å²) in [5, 5.41) is 23.9. The van der Waals surface area contributed by atoms with Crippen LogP contribution >= 0.6 is 0 Å². The third-order valence-corrected chi connectivity index (χ3v) is 5.82. The molecule has 1 unspecified atom stereocenters. The quantitative estimate of drug-likeness (QED) is 0.371. The standard InChI is InChI=1S/C23H22O8/c1-28-14-7-5-6-11-16(14)22(30-3)18-17(21(11)29-2)19(25)12-8-10(23(27)31-4)9-13(24)15(12)20(18)26/h5-7,10,25-26H,8-9H2,1-4H3. The lowest BCUT2D eigenvalue weighted by Crippen LogP contribution is -2.27. The van der Waals surface area contributed by atoms with Crippen LogP contribution in [0.2, 0.25) is 0 Å². The van der Waals surface area contributed by atoms with Crippen molar-refractivity contribution in [3.05, 3.63) is 29.3 Å². The lowest BCUT2D eigenvalue weighted by molar-refractivity contribution is -0.145. The third-order valence-electron chi connectivity index (χ3n) is 5.82. The molecule has 0 heterocycles. The maximum Gasteiger partial charge on any atom is 0.309 e. The second kappa shape index (κ2) is 7.54. The second-order valence-electron chi connectivity index (χ2n) is 7.30. The largest absolute Gasteiger partial charge is 0.507 e. The number of fused-ring (bicyclic) bond motifs is 3. The molecule has 0 radical (unpaired) electrons. The van der Waals surface area contributed by atoms with Gasteiger partial charge in [-0.3, -0.25) is 9.59 Å². The van der Waals surface area contributed by atoms with Crippen LogP contribution in [0.5, 0.6) is 28.7 Å². The smallest absolute Gasteiger partial charge is 0.309 e. The number of carbonyl (C=O) groups excluding carboxylic acids is 2. The van der Waals surface area contributed by atoms with Gasteiger partial charge in [0.25, 0.3) is 0 Å².